The number of hydrogen-bond acceptors (Lipinski definition) is 2. The average Bonchev–Trinajstić information content (AvgIpc) is 2.44. The van der Waals surface area contributed by atoms with Crippen LogP contribution >= 0.6 is 0 Å². The number of piperidine rings is 1. The number of carbonyl (C=O) groups is 1. The van der Waals surface area contributed by atoms with Gasteiger partial charge in [-0.2, -0.15) is 0 Å². The molecule has 1 aliphatic rings. The lowest BCUT2D eigenvalue weighted by molar-refractivity contribution is -0.138. The number of aryl methyl sites for hydroxylation is 1. The fourth-order valence-corrected chi connectivity index (χ4v) is 2.66. The van der Waals surface area contributed by atoms with E-state index < -0.39 is 0 Å². The SMILES string of the molecule is Cc1cccc(CO[C@H]2CCCN(C(=O)C(C)C)C2)c1. The number of benzene rings is 1. The highest BCUT2D eigenvalue weighted by molar-refractivity contribution is 5.78. The third-order valence-corrected chi connectivity index (χ3v) is 3.75. The van der Waals surface area contributed by atoms with Gasteiger partial charge in [-0.3, -0.25) is 4.79 Å². The fourth-order valence-electron chi connectivity index (χ4n) is 2.66. The van der Waals surface area contributed by atoms with Crippen molar-refractivity contribution in [1.82, 2.24) is 4.90 Å². The molecule has 0 aromatic heterocycles. The lowest BCUT2D eigenvalue weighted by atomic mass is 10.1. The van der Waals surface area contributed by atoms with Gasteiger partial charge < -0.3 is 9.64 Å². The van der Waals surface area contributed by atoms with E-state index in [0.29, 0.717) is 6.61 Å². The molecule has 0 unspecified atom stereocenters. The maximum absolute atomic E-state index is 12.0. The first kappa shape index (κ1) is 15.0. The number of ether oxygens (including phenoxy) is 1. The minimum atomic E-state index is 0.0746. The molecule has 0 spiro atoms. The third kappa shape index (κ3) is 4.07. The van der Waals surface area contributed by atoms with Crippen molar-refractivity contribution in [2.24, 2.45) is 5.92 Å². The summed E-state index contributed by atoms with van der Waals surface area (Å²) in [6.45, 7) is 8.26. The Morgan fingerprint density at radius 2 is 2.25 bits per heavy atom. The van der Waals surface area contributed by atoms with Gasteiger partial charge in [-0.25, -0.2) is 0 Å². The summed E-state index contributed by atoms with van der Waals surface area (Å²) in [5.41, 5.74) is 2.46. The molecule has 1 aromatic carbocycles. The molecule has 0 saturated carbocycles. The van der Waals surface area contributed by atoms with Crippen molar-refractivity contribution in [2.75, 3.05) is 13.1 Å². The molecular formula is C17H25NO2. The topological polar surface area (TPSA) is 29.5 Å². The van der Waals surface area contributed by atoms with E-state index in [1.54, 1.807) is 0 Å². The molecule has 1 aliphatic heterocycles. The molecule has 0 bridgehead atoms. The van der Waals surface area contributed by atoms with E-state index in [2.05, 4.69) is 31.2 Å². The van der Waals surface area contributed by atoms with E-state index in [4.69, 9.17) is 4.74 Å². The second kappa shape index (κ2) is 6.89. The number of hydrogen-bond donors (Lipinski definition) is 0. The summed E-state index contributed by atoms with van der Waals surface area (Å²) < 4.78 is 5.99. The Morgan fingerprint density at radius 3 is 2.95 bits per heavy atom. The summed E-state index contributed by atoms with van der Waals surface area (Å²) in [6, 6.07) is 8.39. The summed E-state index contributed by atoms with van der Waals surface area (Å²) in [5.74, 6) is 0.319. The van der Waals surface area contributed by atoms with Gasteiger partial charge in [0.1, 0.15) is 0 Å². The van der Waals surface area contributed by atoms with Crippen LogP contribution in [0.25, 0.3) is 0 Å². The second-order valence-corrected chi connectivity index (χ2v) is 6.00. The zero-order valence-electron chi connectivity index (χ0n) is 12.8. The Labute approximate surface area is 121 Å². The lowest BCUT2D eigenvalue weighted by Crippen LogP contribution is -2.44. The molecule has 1 atom stereocenters. The van der Waals surface area contributed by atoms with Gasteiger partial charge in [0.2, 0.25) is 5.91 Å². The summed E-state index contributed by atoms with van der Waals surface area (Å²) in [6.07, 6.45) is 2.26. The number of likely N-dealkylation sites (tertiary alicyclic amines) is 1. The van der Waals surface area contributed by atoms with Gasteiger partial charge in [0, 0.05) is 19.0 Å². The van der Waals surface area contributed by atoms with E-state index in [0.717, 1.165) is 25.9 Å². The van der Waals surface area contributed by atoms with Gasteiger partial charge in [-0.1, -0.05) is 43.7 Å². The van der Waals surface area contributed by atoms with Crippen LogP contribution in [0.1, 0.15) is 37.8 Å². The minimum Gasteiger partial charge on any atom is -0.372 e. The highest BCUT2D eigenvalue weighted by Crippen LogP contribution is 2.17. The Hall–Kier alpha value is -1.35. The van der Waals surface area contributed by atoms with Gasteiger partial charge in [0.25, 0.3) is 0 Å². The zero-order chi connectivity index (χ0) is 14.5. The maximum atomic E-state index is 12.0. The number of amides is 1. The molecule has 2 rings (SSSR count). The Morgan fingerprint density at radius 1 is 1.45 bits per heavy atom. The zero-order valence-corrected chi connectivity index (χ0v) is 12.8. The van der Waals surface area contributed by atoms with Crippen molar-refractivity contribution >= 4 is 5.91 Å². The monoisotopic (exact) mass is 275 g/mol. The van der Waals surface area contributed by atoms with E-state index in [9.17, 15) is 4.79 Å². The highest BCUT2D eigenvalue weighted by atomic mass is 16.5. The van der Waals surface area contributed by atoms with Crippen LogP contribution in [0, 0.1) is 12.8 Å². The standard InChI is InChI=1S/C17H25NO2/c1-13(2)17(19)18-9-5-8-16(11-18)20-12-15-7-4-6-14(3)10-15/h4,6-7,10,13,16H,5,8-9,11-12H2,1-3H3/t16-/m0/s1. The van der Waals surface area contributed by atoms with E-state index >= 15 is 0 Å². The first-order valence-corrected chi connectivity index (χ1v) is 7.52. The van der Waals surface area contributed by atoms with Crippen molar-refractivity contribution < 1.29 is 9.53 Å². The van der Waals surface area contributed by atoms with E-state index in [-0.39, 0.29) is 17.9 Å². The van der Waals surface area contributed by atoms with Crippen molar-refractivity contribution in [3.8, 4) is 0 Å². The molecule has 1 fully saturated rings. The van der Waals surface area contributed by atoms with Crippen LogP contribution in [0.15, 0.2) is 24.3 Å². The van der Waals surface area contributed by atoms with Crippen molar-refractivity contribution in [3.63, 3.8) is 0 Å². The van der Waals surface area contributed by atoms with Crippen LogP contribution < -0.4 is 0 Å². The summed E-state index contributed by atoms with van der Waals surface area (Å²) in [5, 5.41) is 0. The van der Waals surface area contributed by atoms with Gasteiger partial charge in [0.05, 0.1) is 12.7 Å². The fraction of sp³-hybridized carbons (Fsp3) is 0.588. The van der Waals surface area contributed by atoms with Crippen molar-refractivity contribution in [1.29, 1.82) is 0 Å². The number of rotatable bonds is 4. The van der Waals surface area contributed by atoms with Gasteiger partial charge in [-0.15, -0.1) is 0 Å². The summed E-state index contributed by atoms with van der Waals surface area (Å²) >= 11 is 0. The predicted molar refractivity (Wildman–Crippen MR) is 80.4 cm³/mol. The third-order valence-electron chi connectivity index (χ3n) is 3.75. The summed E-state index contributed by atoms with van der Waals surface area (Å²) in [7, 11) is 0. The van der Waals surface area contributed by atoms with Crippen molar-refractivity contribution in [3.05, 3.63) is 35.4 Å². The normalized spacial score (nSPS) is 19.4. The molecule has 0 aliphatic carbocycles. The molecule has 20 heavy (non-hydrogen) atoms. The lowest BCUT2D eigenvalue weighted by Gasteiger charge is -2.33. The smallest absolute Gasteiger partial charge is 0.225 e. The molecule has 1 aromatic rings. The molecule has 1 saturated heterocycles. The first-order chi connectivity index (χ1) is 9.56. The molecule has 1 heterocycles. The highest BCUT2D eigenvalue weighted by Gasteiger charge is 2.25. The first-order valence-electron chi connectivity index (χ1n) is 7.52. The molecular weight excluding hydrogens is 250 g/mol. The Kier molecular flexibility index (Phi) is 5.18. The van der Waals surface area contributed by atoms with Crippen molar-refractivity contribution in [2.45, 2.75) is 46.3 Å². The molecule has 3 nitrogen and oxygen atoms in total. The Balaban J connectivity index is 1.85. The minimum absolute atomic E-state index is 0.0746. The molecule has 3 heteroatoms. The molecule has 110 valence electrons. The quantitative estimate of drug-likeness (QED) is 0.844. The van der Waals surface area contributed by atoms with E-state index in [1.807, 2.05) is 18.7 Å². The number of carbonyl (C=O) groups excluding carboxylic acids is 1. The van der Waals surface area contributed by atoms with E-state index in [1.165, 1.54) is 11.1 Å². The maximum Gasteiger partial charge on any atom is 0.225 e. The average molecular weight is 275 g/mol. The molecule has 0 radical (unpaired) electrons. The molecule has 1 amide bonds. The second-order valence-electron chi connectivity index (χ2n) is 6.00. The van der Waals surface area contributed by atoms with Crippen LogP contribution in [0.2, 0.25) is 0 Å². The molecule has 0 N–H and O–H groups in total. The van der Waals surface area contributed by atoms with Gasteiger partial charge >= 0.3 is 0 Å². The van der Waals surface area contributed by atoms with Gasteiger partial charge in [-0.05, 0) is 25.3 Å². The summed E-state index contributed by atoms with van der Waals surface area (Å²) in [4.78, 5) is 14.0. The predicted octanol–water partition coefficient (Wildman–Crippen LogP) is 3.16. The van der Waals surface area contributed by atoms with Crippen LogP contribution in [0.5, 0.6) is 0 Å². The van der Waals surface area contributed by atoms with Crippen LogP contribution in [-0.2, 0) is 16.1 Å². The van der Waals surface area contributed by atoms with Crippen LogP contribution in [0.3, 0.4) is 0 Å². The Bertz CT molecular complexity index is 456. The van der Waals surface area contributed by atoms with Crippen LogP contribution in [-0.4, -0.2) is 30.0 Å². The van der Waals surface area contributed by atoms with Gasteiger partial charge in [0.15, 0.2) is 0 Å². The number of nitrogens with zero attached hydrogens (tertiary/aromatic N) is 1. The largest absolute Gasteiger partial charge is 0.372 e. The van der Waals surface area contributed by atoms with Crippen LogP contribution in [0.4, 0.5) is 0 Å².